The average molecular weight is 274 g/mol. The van der Waals surface area contributed by atoms with Crippen molar-refractivity contribution in [2.45, 2.75) is 6.42 Å². The highest BCUT2D eigenvalue weighted by Gasteiger charge is 2.17. The molecule has 0 aliphatic carbocycles. The van der Waals surface area contributed by atoms with Crippen molar-refractivity contribution < 1.29 is 9.53 Å². The molecule has 3 rings (SSSR count). The minimum Gasteiger partial charge on any atom is -0.495 e. The van der Waals surface area contributed by atoms with E-state index in [1.807, 2.05) is 36.4 Å². The molecule has 0 radical (unpaired) electrons. The summed E-state index contributed by atoms with van der Waals surface area (Å²) in [6, 6.07) is 11.6. The van der Waals surface area contributed by atoms with Crippen molar-refractivity contribution in [3.8, 4) is 16.9 Å². The van der Waals surface area contributed by atoms with Crippen LogP contribution in [0.1, 0.15) is 5.56 Å². The number of hydrogen-bond donors (Lipinski definition) is 1. The lowest BCUT2D eigenvalue weighted by atomic mass is 10.0. The van der Waals surface area contributed by atoms with Gasteiger partial charge in [0, 0.05) is 5.69 Å². The number of anilines is 1. The summed E-state index contributed by atoms with van der Waals surface area (Å²) in [6.07, 6.45) is 0.438. The van der Waals surface area contributed by atoms with Crippen LogP contribution in [0.2, 0.25) is 5.02 Å². The van der Waals surface area contributed by atoms with E-state index in [-0.39, 0.29) is 5.91 Å². The molecule has 0 saturated heterocycles. The first-order valence-corrected chi connectivity index (χ1v) is 6.32. The first kappa shape index (κ1) is 12.1. The Bertz CT molecular complexity index is 667. The monoisotopic (exact) mass is 273 g/mol. The lowest BCUT2D eigenvalue weighted by Gasteiger charge is -2.07. The Labute approximate surface area is 116 Å². The number of amides is 1. The molecule has 0 unspecified atom stereocenters. The molecular formula is C15H12ClNO2. The van der Waals surface area contributed by atoms with Crippen LogP contribution in [0, 0.1) is 0 Å². The SMILES string of the molecule is COc1ccc(-c2ccc3c(c2)CC(=O)N3)cc1Cl. The third-order valence-electron chi connectivity index (χ3n) is 3.22. The summed E-state index contributed by atoms with van der Waals surface area (Å²) in [4.78, 5) is 11.3. The number of fused-ring (bicyclic) bond motifs is 1. The fourth-order valence-corrected chi connectivity index (χ4v) is 2.51. The van der Waals surface area contributed by atoms with E-state index in [9.17, 15) is 4.79 Å². The zero-order valence-electron chi connectivity index (χ0n) is 10.4. The average Bonchev–Trinajstić information content (AvgIpc) is 2.77. The Kier molecular flexibility index (Phi) is 2.91. The van der Waals surface area contributed by atoms with Crippen molar-refractivity contribution >= 4 is 23.2 Å². The van der Waals surface area contributed by atoms with Gasteiger partial charge in [-0.1, -0.05) is 23.7 Å². The van der Waals surface area contributed by atoms with Gasteiger partial charge in [-0.05, 0) is 41.0 Å². The first-order valence-electron chi connectivity index (χ1n) is 5.94. The number of halogens is 1. The van der Waals surface area contributed by atoms with Crippen molar-refractivity contribution in [3.63, 3.8) is 0 Å². The number of methoxy groups -OCH3 is 1. The van der Waals surface area contributed by atoms with Crippen LogP contribution in [-0.4, -0.2) is 13.0 Å². The maximum atomic E-state index is 11.3. The molecule has 1 aliphatic rings. The van der Waals surface area contributed by atoms with Gasteiger partial charge in [0.15, 0.2) is 0 Å². The zero-order chi connectivity index (χ0) is 13.4. The predicted octanol–water partition coefficient (Wildman–Crippen LogP) is 3.51. The summed E-state index contributed by atoms with van der Waals surface area (Å²) in [5.74, 6) is 0.698. The molecule has 2 aromatic carbocycles. The molecule has 0 aromatic heterocycles. The molecule has 1 heterocycles. The maximum absolute atomic E-state index is 11.3. The second-order valence-electron chi connectivity index (χ2n) is 4.45. The fraction of sp³-hybridized carbons (Fsp3) is 0.133. The molecule has 2 aromatic rings. The van der Waals surface area contributed by atoms with Gasteiger partial charge < -0.3 is 10.1 Å². The van der Waals surface area contributed by atoms with Gasteiger partial charge in [0.2, 0.25) is 5.91 Å². The van der Waals surface area contributed by atoms with Gasteiger partial charge in [-0.2, -0.15) is 0 Å². The zero-order valence-corrected chi connectivity index (χ0v) is 11.1. The maximum Gasteiger partial charge on any atom is 0.228 e. The molecule has 0 bridgehead atoms. The number of benzene rings is 2. The highest BCUT2D eigenvalue weighted by Crippen LogP contribution is 2.33. The van der Waals surface area contributed by atoms with E-state index >= 15 is 0 Å². The van der Waals surface area contributed by atoms with E-state index < -0.39 is 0 Å². The van der Waals surface area contributed by atoms with E-state index in [4.69, 9.17) is 16.3 Å². The lowest BCUT2D eigenvalue weighted by Crippen LogP contribution is -2.03. The fourth-order valence-electron chi connectivity index (χ4n) is 2.25. The first-order chi connectivity index (χ1) is 9.17. The van der Waals surface area contributed by atoms with Crippen molar-refractivity contribution in [2.75, 3.05) is 12.4 Å². The number of hydrogen-bond acceptors (Lipinski definition) is 2. The molecule has 0 saturated carbocycles. The van der Waals surface area contributed by atoms with Gasteiger partial charge in [0.05, 0.1) is 18.6 Å². The van der Waals surface area contributed by atoms with Crippen LogP contribution in [0.3, 0.4) is 0 Å². The van der Waals surface area contributed by atoms with Crippen LogP contribution < -0.4 is 10.1 Å². The molecule has 3 nitrogen and oxygen atoms in total. The Balaban J connectivity index is 2.01. The van der Waals surface area contributed by atoms with Crippen LogP contribution in [0.4, 0.5) is 5.69 Å². The molecule has 0 fully saturated rings. The molecule has 96 valence electrons. The summed E-state index contributed by atoms with van der Waals surface area (Å²) in [6.45, 7) is 0. The standard InChI is InChI=1S/C15H12ClNO2/c1-19-14-5-3-10(7-12(14)16)9-2-4-13-11(6-9)8-15(18)17-13/h2-7H,8H2,1H3,(H,17,18). The third-order valence-corrected chi connectivity index (χ3v) is 3.51. The number of ether oxygens (including phenoxy) is 1. The Morgan fingerprint density at radius 2 is 1.89 bits per heavy atom. The van der Waals surface area contributed by atoms with E-state index in [2.05, 4.69) is 5.32 Å². The van der Waals surface area contributed by atoms with Crippen molar-refractivity contribution in [1.29, 1.82) is 0 Å². The molecule has 19 heavy (non-hydrogen) atoms. The molecule has 0 atom stereocenters. The summed E-state index contributed by atoms with van der Waals surface area (Å²) >= 11 is 6.13. The van der Waals surface area contributed by atoms with Gasteiger partial charge in [0.1, 0.15) is 5.75 Å². The summed E-state index contributed by atoms with van der Waals surface area (Å²) < 4.78 is 5.14. The third kappa shape index (κ3) is 2.17. The normalized spacial score (nSPS) is 13.1. The van der Waals surface area contributed by atoms with Crippen molar-refractivity contribution in [2.24, 2.45) is 0 Å². The Morgan fingerprint density at radius 3 is 2.63 bits per heavy atom. The number of carbonyl (C=O) groups is 1. The largest absolute Gasteiger partial charge is 0.495 e. The predicted molar refractivity (Wildman–Crippen MR) is 75.8 cm³/mol. The molecule has 0 spiro atoms. The van der Waals surface area contributed by atoms with E-state index in [0.29, 0.717) is 17.2 Å². The summed E-state index contributed by atoms with van der Waals surface area (Å²) in [5.41, 5.74) is 3.97. The second kappa shape index (κ2) is 4.59. The van der Waals surface area contributed by atoms with Crippen LogP contribution in [0.5, 0.6) is 5.75 Å². The number of carbonyl (C=O) groups excluding carboxylic acids is 1. The van der Waals surface area contributed by atoms with Gasteiger partial charge in [-0.3, -0.25) is 4.79 Å². The topological polar surface area (TPSA) is 38.3 Å². The minimum atomic E-state index is 0.0416. The second-order valence-corrected chi connectivity index (χ2v) is 4.85. The summed E-state index contributed by atoms with van der Waals surface area (Å²) in [7, 11) is 1.59. The quantitative estimate of drug-likeness (QED) is 0.909. The molecular weight excluding hydrogens is 262 g/mol. The highest BCUT2D eigenvalue weighted by atomic mass is 35.5. The highest BCUT2D eigenvalue weighted by molar-refractivity contribution is 6.32. The van der Waals surface area contributed by atoms with Crippen LogP contribution in [-0.2, 0) is 11.2 Å². The van der Waals surface area contributed by atoms with Crippen molar-refractivity contribution in [1.82, 2.24) is 0 Å². The Morgan fingerprint density at radius 1 is 1.16 bits per heavy atom. The van der Waals surface area contributed by atoms with Gasteiger partial charge in [0.25, 0.3) is 0 Å². The van der Waals surface area contributed by atoms with Gasteiger partial charge in [-0.15, -0.1) is 0 Å². The van der Waals surface area contributed by atoms with E-state index in [0.717, 1.165) is 22.4 Å². The Hall–Kier alpha value is -2.00. The molecule has 1 amide bonds. The minimum absolute atomic E-state index is 0.0416. The van der Waals surface area contributed by atoms with Crippen molar-refractivity contribution in [3.05, 3.63) is 47.0 Å². The molecule has 1 N–H and O–H groups in total. The van der Waals surface area contributed by atoms with E-state index in [1.54, 1.807) is 7.11 Å². The van der Waals surface area contributed by atoms with Gasteiger partial charge in [-0.25, -0.2) is 0 Å². The molecule has 4 heteroatoms. The number of nitrogens with one attached hydrogen (secondary N) is 1. The molecule has 1 aliphatic heterocycles. The lowest BCUT2D eigenvalue weighted by molar-refractivity contribution is -0.115. The number of rotatable bonds is 2. The van der Waals surface area contributed by atoms with Crippen LogP contribution >= 0.6 is 11.6 Å². The van der Waals surface area contributed by atoms with Gasteiger partial charge >= 0.3 is 0 Å². The smallest absolute Gasteiger partial charge is 0.228 e. The summed E-state index contributed by atoms with van der Waals surface area (Å²) in [5, 5.41) is 3.40. The van der Waals surface area contributed by atoms with Crippen LogP contribution in [0.25, 0.3) is 11.1 Å². The van der Waals surface area contributed by atoms with Crippen LogP contribution in [0.15, 0.2) is 36.4 Å². The van der Waals surface area contributed by atoms with E-state index in [1.165, 1.54) is 0 Å².